The van der Waals surface area contributed by atoms with E-state index in [4.69, 9.17) is 27.9 Å². The number of hydroxylamine groups is 1. The van der Waals surface area contributed by atoms with Crippen LogP contribution in [0.25, 0.3) is 0 Å². The fraction of sp³-hybridized carbons (Fsp3) is 0.345. The minimum atomic E-state index is -1.43. The Morgan fingerprint density at radius 1 is 0.735 bits per heavy atom. The number of allylic oxidation sites excluding steroid dienone is 1. The molecule has 8 aliphatic rings. The summed E-state index contributed by atoms with van der Waals surface area (Å²) < 4.78 is 7.14. The van der Waals surface area contributed by atoms with E-state index >= 15 is 0 Å². The second-order valence-corrected chi connectivity index (χ2v) is 28.9. The number of para-hydroxylation sites is 1. The smallest absolute Gasteiger partial charge is 0.276 e. The second-order valence-electron chi connectivity index (χ2n) is 28.0. The minimum absolute atomic E-state index is 0. The van der Waals surface area contributed by atoms with E-state index in [1.807, 2.05) is 110 Å². The standard InChI is InChI=1S/C19H26O2.C17H19N3.C17H21NO.C16H14ClN3O.C15H11ClN2O2.ClH/c1-18-9-7-13(20)11-12(18)3-4-14-15-5-6-17(21)19(15,2)10-8-16(14)18;1-19-9-10-20-16(12-19)15-7-3-2-5-13(15)11-14-6-4-8-18-17(14)20;1-14-8-6-7-11-16(14)19-17(12-13-18-2)15-9-4-3-5-10-15;1-18-15-10-20(21)16(11-5-3-2-4-6-11)13-9-12(17)7-8-14(13)19-15;16-10-6-7-12-11(8-10)13(9-4-2-1-3-5-9)18-15(20)14(19)17-12;/h11,14-16H,3-10H2,1-2H3;2-8,16H,9-12H2,1H3;3-11,17-18H,12-13H2,1-2H3;2-9H,10H2,1H3,(H,18,19);1-8,15,20H,(H,17,19);1H/t14-,15-,16-,18-,19-;;17-;;;/m0.1.../s1. The fourth-order valence-corrected chi connectivity index (χ4v) is 16.7. The number of carbonyl (C=O) groups is 3. The Morgan fingerprint density at radius 3 is 2.14 bits per heavy atom. The zero-order chi connectivity index (χ0) is 70.8. The number of hydrogen-bond donors (Lipinski definition) is 4. The normalized spacial score (nSPS) is 23.1. The van der Waals surface area contributed by atoms with Gasteiger partial charge in [-0.25, -0.2) is 15.0 Å². The molecular formula is C84H92Cl3N9O6. The molecule has 16 rings (SSSR count). The Labute approximate surface area is 616 Å². The van der Waals surface area contributed by atoms with Crippen LogP contribution in [0.5, 0.6) is 5.75 Å². The lowest BCUT2D eigenvalue weighted by Gasteiger charge is -2.56. The molecule has 0 bridgehead atoms. The summed E-state index contributed by atoms with van der Waals surface area (Å²) in [5.74, 6) is 5.10. The Morgan fingerprint density at radius 2 is 1.40 bits per heavy atom. The van der Waals surface area contributed by atoms with Gasteiger partial charge in [0.15, 0.2) is 11.6 Å². The van der Waals surface area contributed by atoms with Crippen LogP contribution < -0.4 is 25.6 Å². The van der Waals surface area contributed by atoms with Crippen molar-refractivity contribution in [2.75, 3.05) is 64.1 Å². The van der Waals surface area contributed by atoms with Crippen molar-refractivity contribution in [3.8, 4) is 5.75 Å². The molecule has 0 spiro atoms. The fourth-order valence-electron chi connectivity index (χ4n) is 16.4. The maximum absolute atomic E-state index is 12.6. The number of amidine groups is 1. The number of aromatic nitrogens is 1. The highest BCUT2D eigenvalue weighted by molar-refractivity contribution is 6.32. The van der Waals surface area contributed by atoms with Gasteiger partial charge in [0, 0.05) is 90.7 Å². The van der Waals surface area contributed by atoms with Crippen LogP contribution in [-0.2, 0) is 20.8 Å². The predicted octanol–water partition coefficient (Wildman–Crippen LogP) is 16.1. The molecule has 530 valence electrons. The lowest BCUT2D eigenvalue weighted by Crippen LogP contribution is -2.50. The molecule has 3 saturated carbocycles. The van der Waals surface area contributed by atoms with Crippen LogP contribution in [0, 0.1) is 40.7 Å². The number of rotatable bonds is 8. The number of piperazine rings is 1. The molecule has 102 heavy (non-hydrogen) atoms. The van der Waals surface area contributed by atoms with Crippen molar-refractivity contribution < 1.29 is 29.0 Å². The van der Waals surface area contributed by atoms with E-state index in [0.29, 0.717) is 73.9 Å². The molecule has 4 fully saturated rings. The number of aryl methyl sites for hydroxylation is 1. The van der Waals surface area contributed by atoms with E-state index in [0.717, 1.165) is 110 Å². The highest BCUT2D eigenvalue weighted by atomic mass is 35.5. The number of pyridine rings is 1. The quantitative estimate of drug-likeness (QED) is 0.0838. The molecule has 0 radical (unpaired) electrons. The van der Waals surface area contributed by atoms with Gasteiger partial charge in [0.25, 0.3) is 5.91 Å². The van der Waals surface area contributed by atoms with Gasteiger partial charge in [0.2, 0.25) is 18.5 Å². The molecule has 2 unspecified atom stereocenters. The number of ether oxygens (including phenoxy) is 1. The summed E-state index contributed by atoms with van der Waals surface area (Å²) in [7, 11) is 5.94. The number of ketones is 2. The SMILES string of the molecule is CN1CCN2c3ncccc3Cc3ccccc3C2C1.CNC1=Nc2ccc(Cl)cc2C(c2ccccc2)=[N+]([O-])C1.CNCC[C@@H](Oc1ccccc1C)c1ccccc1.C[C@]12CCC(=O)C=C1CC[C@@H]1[C@@H]2CC[C@]2(C)C(=O)CC[C@@H]12.Cl.O=C1Nc2ccc(Cl)cc2C(c2ccccc2)=NC1O. The predicted molar refractivity (Wildman–Crippen MR) is 413 cm³/mol. The maximum Gasteiger partial charge on any atom is 0.276 e. The number of Topliss-reactive ketones (excluding diaryl/α,β-unsaturated/α-hetero) is 1. The molecule has 1 saturated heterocycles. The third-order valence-electron chi connectivity index (χ3n) is 21.8. The number of aliphatic hydroxyl groups excluding tert-OH is 1. The molecule has 5 heterocycles. The van der Waals surface area contributed by atoms with Gasteiger partial charge in [-0.1, -0.05) is 170 Å². The Kier molecular flexibility index (Phi) is 24.5. The molecule has 8 aromatic rings. The number of nitrogens with zero attached hydrogens (tertiary/aromatic N) is 6. The third kappa shape index (κ3) is 16.6. The number of hydrogen-bond acceptors (Lipinski definition) is 13. The number of benzene rings is 7. The lowest BCUT2D eigenvalue weighted by molar-refractivity contribution is -0.439. The van der Waals surface area contributed by atoms with Gasteiger partial charge < -0.3 is 40.8 Å². The maximum atomic E-state index is 12.6. The molecule has 7 aromatic carbocycles. The Hall–Kier alpha value is -8.80. The number of amides is 1. The van der Waals surface area contributed by atoms with Crippen LogP contribution in [0.15, 0.2) is 216 Å². The zero-order valence-electron chi connectivity index (χ0n) is 59.0. The summed E-state index contributed by atoms with van der Waals surface area (Å²) in [6.45, 7) is 11.1. The van der Waals surface area contributed by atoms with E-state index in [2.05, 4.69) is 135 Å². The van der Waals surface area contributed by atoms with Gasteiger partial charge in [0.05, 0.1) is 28.7 Å². The monoisotopic (exact) mass is 1430 g/mol. The first-order valence-electron chi connectivity index (χ1n) is 35.4. The van der Waals surface area contributed by atoms with Crippen LogP contribution in [-0.4, -0.2) is 115 Å². The largest absolute Gasteiger partial charge is 0.623 e. The van der Waals surface area contributed by atoms with Crippen molar-refractivity contribution in [1.82, 2.24) is 20.5 Å². The number of fused-ring (bicyclic) bond motifs is 12. The summed E-state index contributed by atoms with van der Waals surface area (Å²) in [6, 6.07) is 61.6. The molecule has 4 aliphatic carbocycles. The van der Waals surface area contributed by atoms with Gasteiger partial charge in [-0.3, -0.25) is 14.4 Å². The first-order valence-corrected chi connectivity index (χ1v) is 36.2. The van der Waals surface area contributed by atoms with Crippen LogP contribution in [0.1, 0.15) is 134 Å². The molecule has 4 N–H and O–H groups in total. The average molecular weight is 1430 g/mol. The van der Waals surface area contributed by atoms with Gasteiger partial charge >= 0.3 is 0 Å². The highest BCUT2D eigenvalue weighted by Crippen LogP contribution is 2.64. The van der Waals surface area contributed by atoms with E-state index < -0.39 is 12.1 Å². The van der Waals surface area contributed by atoms with Gasteiger partial charge in [-0.05, 0) is 184 Å². The molecule has 4 aliphatic heterocycles. The molecule has 1 aromatic heterocycles. The van der Waals surface area contributed by atoms with Crippen molar-refractivity contribution in [2.45, 2.75) is 103 Å². The van der Waals surface area contributed by atoms with Crippen LogP contribution in [0.2, 0.25) is 10.0 Å². The summed E-state index contributed by atoms with van der Waals surface area (Å²) in [5.41, 5.74) is 13.8. The first kappa shape index (κ1) is 74.4. The lowest BCUT2D eigenvalue weighted by atomic mass is 9.47. The van der Waals surface area contributed by atoms with Crippen molar-refractivity contribution in [1.29, 1.82) is 0 Å². The number of aliphatic hydroxyl groups is 1. The summed E-state index contributed by atoms with van der Waals surface area (Å²) in [4.78, 5) is 54.1. The molecular weight excluding hydrogens is 1340 g/mol. The number of aliphatic imine (C=N–C) groups is 2. The molecule has 18 heteroatoms. The van der Waals surface area contributed by atoms with Crippen LogP contribution in [0.3, 0.4) is 0 Å². The minimum Gasteiger partial charge on any atom is -0.623 e. The van der Waals surface area contributed by atoms with Gasteiger partial charge in [-0.2, -0.15) is 4.74 Å². The van der Waals surface area contributed by atoms with Crippen LogP contribution in [0.4, 0.5) is 17.2 Å². The highest BCUT2D eigenvalue weighted by Gasteiger charge is 2.59. The zero-order valence-corrected chi connectivity index (χ0v) is 61.3. The van der Waals surface area contributed by atoms with E-state index in [9.17, 15) is 24.7 Å². The summed E-state index contributed by atoms with van der Waals surface area (Å²) >= 11 is 12.1. The number of anilines is 2. The van der Waals surface area contributed by atoms with Crippen molar-refractivity contribution in [3.05, 3.63) is 271 Å². The summed E-state index contributed by atoms with van der Waals surface area (Å²) in [6.07, 6.45) is 12.7. The van der Waals surface area contributed by atoms with Gasteiger partial charge in [0.1, 0.15) is 23.5 Å². The van der Waals surface area contributed by atoms with E-state index in [1.165, 1.54) is 52.0 Å². The van der Waals surface area contributed by atoms with Crippen molar-refractivity contribution in [2.24, 2.45) is 38.6 Å². The third-order valence-corrected chi connectivity index (χ3v) is 22.2. The second kappa shape index (κ2) is 33.5. The topological polar surface area (TPSA) is 187 Å². The van der Waals surface area contributed by atoms with Crippen molar-refractivity contribution >= 4 is 87.5 Å². The van der Waals surface area contributed by atoms with E-state index in [1.54, 1.807) is 37.4 Å². The van der Waals surface area contributed by atoms with Gasteiger partial charge in [-0.15, -0.1) is 12.4 Å². The average Bonchev–Trinajstić information content (AvgIpc) is 1.27. The molecule has 15 nitrogen and oxygen atoms in total. The van der Waals surface area contributed by atoms with E-state index in [-0.39, 0.29) is 35.9 Å². The molecule has 8 atom stereocenters. The molecule has 1 amide bonds. The number of carbonyl (C=O) groups excluding carboxylic acids is 3. The Balaban J connectivity index is 0.000000128. The number of benzodiazepines with no additional fused rings is 1. The number of likely N-dealkylation sites (N-methyl/N-ethyl adjacent to an activating group) is 2. The number of halogens is 3. The Bertz CT molecular complexity index is 4420. The summed E-state index contributed by atoms with van der Waals surface area (Å²) in [5, 5.41) is 32.3. The first-order chi connectivity index (χ1) is 48.9. The number of nitrogens with one attached hydrogen (secondary N) is 3. The van der Waals surface area contributed by atoms with Crippen LogP contribution >= 0.6 is 35.6 Å². The van der Waals surface area contributed by atoms with Crippen molar-refractivity contribution in [3.63, 3.8) is 0 Å².